The van der Waals surface area contributed by atoms with Crippen molar-refractivity contribution in [1.82, 2.24) is 14.5 Å². The van der Waals surface area contributed by atoms with Gasteiger partial charge in [0.2, 0.25) is 5.91 Å². The number of imidazole rings is 1. The molecule has 0 saturated carbocycles. The summed E-state index contributed by atoms with van der Waals surface area (Å²) in [6.07, 6.45) is 0. The Morgan fingerprint density at radius 2 is 2.04 bits per heavy atom. The van der Waals surface area contributed by atoms with E-state index in [4.69, 9.17) is 10.5 Å². The number of hydrogen-bond acceptors (Lipinski definition) is 4. The first-order valence-corrected chi connectivity index (χ1v) is 9.16. The highest BCUT2D eigenvalue weighted by molar-refractivity contribution is 5.81. The fourth-order valence-electron chi connectivity index (χ4n) is 3.89. The van der Waals surface area contributed by atoms with Gasteiger partial charge in [0.15, 0.2) is 0 Å². The van der Waals surface area contributed by atoms with Crippen LogP contribution in [0.3, 0.4) is 0 Å². The number of ether oxygens (including phenoxy) is 1. The molecule has 140 valence electrons. The second kappa shape index (κ2) is 7.04. The Labute approximate surface area is 158 Å². The van der Waals surface area contributed by atoms with E-state index in [1.807, 2.05) is 58.9 Å². The van der Waals surface area contributed by atoms with Gasteiger partial charge >= 0.3 is 0 Å². The molecule has 0 radical (unpaired) electrons. The largest absolute Gasteiger partial charge is 0.497 e. The van der Waals surface area contributed by atoms with Gasteiger partial charge in [-0.3, -0.25) is 4.79 Å². The number of benzene rings is 2. The molecule has 6 nitrogen and oxygen atoms in total. The maximum absolute atomic E-state index is 13.0. The molecule has 0 bridgehead atoms. The Balaban J connectivity index is 1.52. The standard InChI is InChI=1S/C21H24N4O2/c1-14-23-19-8-3-4-9-20(19)25(14)13-21(26)24-11-17(18(22)12-24)15-6-5-7-16(10-15)27-2/h3-10,17-18H,11-13,22H2,1-2H3/t17-,18+/m0/s1. The van der Waals surface area contributed by atoms with Crippen molar-refractivity contribution < 1.29 is 9.53 Å². The van der Waals surface area contributed by atoms with Crippen molar-refractivity contribution in [2.24, 2.45) is 5.73 Å². The Morgan fingerprint density at radius 3 is 2.85 bits per heavy atom. The van der Waals surface area contributed by atoms with Crippen molar-refractivity contribution in [2.45, 2.75) is 25.4 Å². The molecule has 0 aliphatic carbocycles. The number of carbonyl (C=O) groups is 1. The summed E-state index contributed by atoms with van der Waals surface area (Å²) in [6, 6.07) is 15.7. The van der Waals surface area contributed by atoms with E-state index < -0.39 is 0 Å². The second-order valence-corrected chi connectivity index (χ2v) is 7.08. The van der Waals surface area contributed by atoms with Crippen LogP contribution in [0.2, 0.25) is 0 Å². The number of amides is 1. The summed E-state index contributed by atoms with van der Waals surface area (Å²) in [5.41, 5.74) is 9.38. The minimum atomic E-state index is -0.0818. The molecule has 2 atom stereocenters. The summed E-state index contributed by atoms with van der Waals surface area (Å²) in [7, 11) is 1.65. The van der Waals surface area contributed by atoms with Crippen LogP contribution < -0.4 is 10.5 Å². The van der Waals surface area contributed by atoms with Gasteiger partial charge in [0.05, 0.1) is 18.1 Å². The molecule has 6 heteroatoms. The lowest BCUT2D eigenvalue weighted by molar-refractivity contribution is -0.130. The summed E-state index contributed by atoms with van der Waals surface area (Å²) in [6.45, 7) is 3.40. The second-order valence-electron chi connectivity index (χ2n) is 7.08. The molecule has 3 aromatic rings. The van der Waals surface area contributed by atoms with Gasteiger partial charge in [-0.1, -0.05) is 24.3 Å². The number of fused-ring (bicyclic) bond motifs is 1. The summed E-state index contributed by atoms with van der Waals surface area (Å²) in [5, 5.41) is 0. The molecule has 1 aliphatic rings. The third-order valence-electron chi connectivity index (χ3n) is 5.38. The highest BCUT2D eigenvalue weighted by atomic mass is 16.5. The van der Waals surface area contributed by atoms with E-state index in [-0.39, 0.29) is 24.4 Å². The van der Waals surface area contributed by atoms with Crippen LogP contribution in [0.25, 0.3) is 11.0 Å². The normalized spacial score (nSPS) is 19.6. The molecule has 4 rings (SSSR count). The Morgan fingerprint density at radius 1 is 1.22 bits per heavy atom. The van der Waals surface area contributed by atoms with Gasteiger partial charge in [0, 0.05) is 25.0 Å². The molecular weight excluding hydrogens is 340 g/mol. The van der Waals surface area contributed by atoms with Crippen LogP contribution in [-0.2, 0) is 11.3 Å². The van der Waals surface area contributed by atoms with Gasteiger partial charge in [-0.05, 0) is 36.8 Å². The van der Waals surface area contributed by atoms with Crippen LogP contribution in [0.1, 0.15) is 17.3 Å². The Kier molecular flexibility index (Phi) is 4.58. The summed E-state index contributed by atoms with van der Waals surface area (Å²) >= 11 is 0. The molecular formula is C21H24N4O2. The number of nitrogens with zero attached hydrogens (tertiary/aromatic N) is 3. The smallest absolute Gasteiger partial charge is 0.242 e. The van der Waals surface area contributed by atoms with Crippen molar-refractivity contribution in [1.29, 1.82) is 0 Å². The van der Waals surface area contributed by atoms with Crippen molar-refractivity contribution in [3.63, 3.8) is 0 Å². The highest BCUT2D eigenvalue weighted by Crippen LogP contribution is 2.29. The van der Waals surface area contributed by atoms with Crippen molar-refractivity contribution >= 4 is 16.9 Å². The number of aromatic nitrogens is 2. The van der Waals surface area contributed by atoms with Gasteiger partial charge in [0.25, 0.3) is 0 Å². The molecule has 1 saturated heterocycles. The Hall–Kier alpha value is -2.86. The van der Waals surface area contributed by atoms with Crippen LogP contribution in [0.15, 0.2) is 48.5 Å². The number of carbonyl (C=O) groups excluding carboxylic acids is 1. The molecule has 2 aromatic carbocycles. The zero-order valence-electron chi connectivity index (χ0n) is 15.6. The van der Waals surface area contributed by atoms with E-state index in [9.17, 15) is 4.79 Å². The first-order chi connectivity index (χ1) is 13.1. The molecule has 1 aliphatic heterocycles. The minimum Gasteiger partial charge on any atom is -0.497 e. The van der Waals surface area contributed by atoms with Crippen LogP contribution in [-0.4, -0.2) is 46.6 Å². The fraction of sp³-hybridized carbons (Fsp3) is 0.333. The van der Waals surface area contributed by atoms with Crippen LogP contribution in [0.4, 0.5) is 0 Å². The summed E-state index contributed by atoms with van der Waals surface area (Å²) < 4.78 is 7.29. The average molecular weight is 364 g/mol. The van der Waals surface area contributed by atoms with E-state index >= 15 is 0 Å². The van der Waals surface area contributed by atoms with E-state index in [1.54, 1.807) is 7.11 Å². The first kappa shape index (κ1) is 17.5. The van der Waals surface area contributed by atoms with E-state index in [2.05, 4.69) is 11.1 Å². The number of nitrogens with two attached hydrogens (primary N) is 1. The zero-order valence-corrected chi connectivity index (χ0v) is 15.6. The van der Waals surface area contributed by atoms with E-state index in [0.717, 1.165) is 28.2 Å². The topological polar surface area (TPSA) is 73.4 Å². The molecule has 2 heterocycles. The van der Waals surface area contributed by atoms with Gasteiger partial charge < -0.3 is 19.9 Å². The molecule has 1 aromatic heterocycles. The zero-order chi connectivity index (χ0) is 19.0. The molecule has 1 amide bonds. The molecule has 2 N–H and O–H groups in total. The predicted octanol–water partition coefficient (Wildman–Crippen LogP) is 2.31. The van der Waals surface area contributed by atoms with E-state index in [0.29, 0.717) is 13.1 Å². The highest BCUT2D eigenvalue weighted by Gasteiger charge is 2.34. The maximum Gasteiger partial charge on any atom is 0.242 e. The third kappa shape index (κ3) is 3.28. The first-order valence-electron chi connectivity index (χ1n) is 9.16. The number of aryl methyl sites for hydroxylation is 1. The average Bonchev–Trinajstić information content (AvgIpc) is 3.22. The van der Waals surface area contributed by atoms with Crippen LogP contribution >= 0.6 is 0 Å². The number of para-hydroxylation sites is 2. The van der Waals surface area contributed by atoms with Crippen LogP contribution in [0, 0.1) is 6.92 Å². The summed E-state index contributed by atoms with van der Waals surface area (Å²) in [4.78, 5) is 19.4. The maximum atomic E-state index is 13.0. The van der Waals surface area contributed by atoms with Crippen LogP contribution in [0.5, 0.6) is 5.75 Å². The molecule has 1 fully saturated rings. The molecule has 0 unspecified atom stereocenters. The van der Waals surface area contributed by atoms with Gasteiger partial charge in [-0.2, -0.15) is 0 Å². The van der Waals surface area contributed by atoms with Crippen molar-refractivity contribution in [2.75, 3.05) is 20.2 Å². The number of methoxy groups -OCH3 is 1. The Bertz CT molecular complexity index is 981. The monoisotopic (exact) mass is 364 g/mol. The van der Waals surface area contributed by atoms with E-state index in [1.165, 1.54) is 0 Å². The lowest BCUT2D eigenvalue weighted by Crippen LogP contribution is -2.34. The quantitative estimate of drug-likeness (QED) is 0.771. The molecule has 27 heavy (non-hydrogen) atoms. The van der Waals surface area contributed by atoms with Gasteiger partial charge in [-0.25, -0.2) is 4.98 Å². The predicted molar refractivity (Wildman–Crippen MR) is 105 cm³/mol. The minimum absolute atomic E-state index is 0.0714. The van der Waals surface area contributed by atoms with Gasteiger partial charge in [0.1, 0.15) is 18.1 Å². The fourth-order valence-corrected chi connectivity index (χ4v) is 3.89. The van der Waals surface area contributed by atoms with Crippen molar-refractivity contribution in [3.8, 4) is 5.75 Å². The van der Waals surface area contributed by atoms with Crippen molar-refractivity contribution in [3.05, 3.63) is 59.9 Å². The number of rotatable bonds is 4. The third-order valence-corrected chi connectivity index (χ3v) is 5.38. The molecule has 0 spiro atoms. The summed E-state index contributed by atoms with van der Waals surface area (Å²) in [5.74, 6) is 1.84. The SMILES string of the molecule is COc1cccc([C@@H]2CN(C(=O)Cn3c(C)nc4ccccc43)C[C@H]2N)c1. The lowest BCUT2D eigenvalue weighted by atomic mass is 9.95. The number of likely N-dealkylation sites (tertiary alicyclic amines) is 1. The number of hydrogen-bond donors (Lipinski definition) is 1. The lowest BCUT2D eigenvalue weighted by Gasteiger charge is -2.18. The van der Waals surface area contributed by atoms with Gasteiger partial charge in [-0.15, -0.1) is 0 Å².